The Balaban J connectivity index is 1.55. The monoisotopic (exact) mass is 354 g/mol. The first-order valence-electron chi connectivity index (χ1n) is 11.1. The zero-order valence-electron chi connectivity index (χ0n) is 16.9. The van der Waals surface area contributed by atoms with Crippen LogP contribution in [0.5, 0.6) is 5.75 Å². The molecule has 0 aromatic heterocycles. The molecule has 2 aliphatic carbocycles. The van der Waals surface area contributed by atoms with Gasteiger partial charge in [0.2, 0.25) is 0 Å². The quantitative estimate of drug-likeness (QED) is 0.522. The van der Waals surface area contributed by atoms with Crippen LogP contribution in [0.3, 0.4) is 0 Å². The van der Waals surface area contributed by atoms with Crippen LogP contribution in [-0.2, 0) is 0 Å². The lowest BCUT2D eigenvalue weighted by Crippen LogP contribution is -2.25. The summed E-state index contributed by atoms with van der Waals surface area (Å²) in [7, 11) is 0. The van der Waals surface area contributed by atoms with Gasteiger partial charge in [0.25, 0.3) is 0 Å². The minimum Gasteiger partial charge on any atom is -0.508 e. The average molecular weight is 355 g/mol. The van der Waals surface area contributed by atoms with Crippen LogP contribution in [-0.4, -0.2) is 5.11 Å². The lowest BCUT2D eigenvalue weighted by Gasteiger charge is -2.38. The van der Waals surface area contributed by atoms with Crippen LogP contribution in [0.25, 0.3) is 0 Å². The zero-order chi connectivity index (χ0) is 18.5. The second-order valence-corrected chi connectivity index (χ2v) is 9.02. The summed E-state index contributed by atoms with van der Waals surface area (Å²) < 4.78 is 0. The Bertz CT molecular complexity index is 574. The van der Waals surface area contributed by atoms with Gasteiger partial charge in [-0.05, 0) is 73.8 Å². The molecule has 0 aliphatic heterocycles. The van der Waals surface area contributed by atoms with E-state index < -0.39 is 0 Å². The Morgan fingerprint density at radius 3 is 2.23 bits per heavy atom. The first-order valence-corrected chi connectivity index (χ1v) is 11.1. The van der Waals surface area contributed by atoms with Crippen molar-refractivity contribution in [2.45, 2.75) is 89.9 Å². The first-order chi connectivity index (χ1) is 12.6. The van der Waals surface area contributed by atoms with Gasteiger partial charge in [-0.2, -0.15) is 0 Å². The van der Waals surface area contributed by atoms with Crippen molar-refractivity contribution in [1.82, 2.24) is 0 Å². The van der Waals surface area contributed by atoms with Gasteiger partial charge >= 0.3 is 0 Å². The van der Waals surface area contributed by atoms with Gasteiger partial charge in [-0.25, -0.2) is 0 Å². The van der Waals surface area contributed by atoms with Crippen molar-refractivity contribution in [3.05, 3.63) is 42.0 Å². The molecule has 0 amide bonds. The van der Waals surface area contributed by atoms with Gasteiger partial charge < -0.3 is 5.11 Å². The normalized spacial score (nSPS) is 30.7. The molecule has 144 valence electrons. The highest BCUT2D eigenvalue weighted by Gasteiger charge is 2.31. The summed E-state index contributed by atoms with van der Waals surface area (Å²) in [5.41, 5.74) is 2.46. The molecular weight excluding hydrogens is 316 g/mol. The summed E-state index contributed by atoms with van der Waals surface area (Å²) >= 11 is 0. The molecule has 1 aromatic carbocycles. The van der Waals surface area contributed by atoms with Crippen LogP contribution in [0.2, 0.25) is 0 Å². The third kappa shape index (κ3) is 4.53. The van der Waals surface area contributed by atoms with E-state index in [1.54, 1.807) is 0 Å². The third-order valence-corrected chi connectivity index (χ3v) is 7.39. The number of aromatic hydroxyl groups is 1. The van der Waals surface area contributed by atoms with Crippen LogP contribution in [0.15, 0.2) is 30.9 Å². The van der Waals surface area contributed by atoms with E-state index in [-0.39, 0.29) is 5.92 Å². The molecule has 2 aliphatic rings. The second-order valence-electron chi connectivity index (χ2n) is 9.02. The number of hydrogen-bond acceptors (Lipinski definition) is 1. The highest BCUT2D eigenvalue weighted by atomic mass is 16.3. The van der Waals surface area contributed by atoms with E-state index in [2.05, 4.69) is 32.6 Å². The second kappa shape index (κ2) is 9.11. The minimum atomic E-state index is 0.213. The summed E-state index contributed by atoms with van der Waals surface area (Å²) in [5.74, 6) is 4.30. The Morgan fingerprint density at radius 1 is 1.04 bits per heavy atom. The topological polar surface area (TPSA) is 20.2 Å². The van der Waals surface area contributed by atoms with E-state index >= 15 is 0 Å². The van der Waals surface area contributed by atoms with Crippen molar-refractivity contribution in [2.75, 3.05) is 0 Å². The van der Waals surface area contributed by atoms with Crippen LogP contribution < -0.4 is 0 Å². The van der Waals surface area contributed by atoms with Crippen molar-refractivity contribution in [1.29, 1.82) is 0 Å². The Morgan fingerprint density at radius 2 is 1.65 bits per heavy atom. The molecule has 0 radical (unpaired) electrons. The fraction of sp³-hybridized carbons (Fsp3) is 0.680. The summed E-state index contributed by atoms with van der Waals surface area (Å²) in [6.45, 7) is 8.33. The first kappa shape index (κ1) is 19.5. The van der Waals surface area contributed by atoms with Crippen molar-refractivity contribution >= 4 is 0 Å². The molecular formula is C25H38O. The Kier molecular flexibility index (Phi) is 6.84. The molecule has 0 bridgehead atoms. The van der Waals surface area contributed by atoms with E-state index in [4.69, 9.17) is 0 Å². The van der Waals surface area contributed by atoms with E-state index in [1.807, 2.05) is 12.1 Å². The molecule has 1 unspecified atom stereocenters. The predicted octanol–water partition coefficient (Wildman–Crippen LogP) is 7.56. The van der Waals surface area contributed by atoms with Crippen LogP contribution in [0, 0.1) is 17.8 Å². The van der Waals surface area contributed by atoms with E-state index in [0.717, 1.165) is 23.3 Å². The van der Waals surface area contributed by atoms with Crippen molar-refractivity contribution in [3.63, 3.8) is 0 Å². The molecule has 0 spiro atoms. The Labute approximate surface area is 160 Å². The number of phenols is 1. The number of allylic oxidation sites excluding steroid dienone is 1. The average Bonchev–Trinajstić information content (AvgIpc) is 2.69. The maximum atomic E-state index is 10.2. The molecule has 0 heterocycles. The van der Waals surface area contributed by atoms with Crippen molar-refractivity contribution in [3.8, 4) is 5.75 Å². The lowest BCUT2D eigenvalue weighted by atomic mass is 9.68. The smallest absolute Gasteiger partial charge is 0.119 e. The molecule has 1 nitrogen and oxygen atoms in total. The molecule has 1 N–H and O–H groups in total. The maximum absolute atomic E-state index is 10.2. The maximum Gasteiger partial charge on any atom is 0.119 e. The number of rotatable bonds is 6. The SMILES string of the molecule is C=CC(C)c1cc(C2CCC([C@H]3CC[C@H](CCC)CC3)CC2)ccc1O. The molecule has 1 heteroatoms. The fourth-order valence-corrected chi connectivity index (χ4v) is 5.60. The van der Waals surface area contributed by atoms with Crippen LogP contribution >= 0.6 is 0 Å². The number of phenolic OH excluding ortho intramolecular Hbond substituents is 1. The number of hydrogen-bond donors (Lipinski definition) is 1. The molecule has 0 saturated heterocycles. The van der Waals surface area contributed by atoms with Gasteiger partial charge in [0.05, 0.1) is 0 Å². The van der Waals surface area contributed by atoms with Gasteiger partial charge in [-0.15, -0.1) is 6.58 Å². The van der Waals surface area contributed by atoms with Gasteiger partial charge in [-0.3, -0.25) is 0 Å². The molecule has 1 aromatic rings. The summed E-state index contributed by atoms with van der Waals surface area (Å²) in [6, 6.07) is 6.28. The van der Waals surface area contributed by atoms with E-state index in [9.17, 15) is 5.11 Å². The molecule has 2 fully saturated rings. The third-order valence-electron chi connectivity index (χ3n) is 7.39. The Hall–Kier alpha value is -1.24. The number of benzene rings is 1. The van der Waals surface area contributed by atoms with Gasteiger partial charge in [0.1, 0.15) is 5.75 Å². The van der Waals surface area contributed by atoms with Gasteiger partial charge in [0, 0.05) is 11.5 Å². The van der Waals surface area contributed by atoms with Crippen LogP contribution in [0.4, 0.5) is 0 Å². The van der Waals surface area contributed by atoms with Crippen LogP contribution in [0.1, 0.15) is 101 Å². The van der Waals surface area contributed by atoms with Gasteiger partial charge in [-0.1, -0.05) is 57.7 Å². The fourth-order valence-electron chi connectivity index (χ4n) is 5.60. The zero-order valence-corrected chi connectivity index (χ0v) is 16.9. The van der Waals surface area contributed by atoms with Gasteiger partial charge in [0.15, 0.2) is 0 Å². The molecule has 2 saturated carbocycles. The largest absolute Gasteiger partial charge is 0.508 e. The molecule has 3 rings (SSSR count). The predicted molar refractivity (Wildman–Crippen MR) is 112 cm³/mol. The van der Waals surface area contributed by atoms with Crippen molar-refractivity contribution in [2.24, 2.45) is 17.8 Å². The molecule has 1 atom stereocenters. The lowest BCUT2D eigenvalue weighted by molar-refractivity contribution is 0.156. The minimum absolute atomic E-state index is 0.213. The standard InChI is InChI=1S/C25H38O/c1-4-6-19-7-9-20(10-8-19)21-11-13-22(14-12-21)23-15-16-25(26)24(17-23)18(3)5-2/h5,15-22,26H,2,4,6-14H2,1,3H3/t18?,19-,20-,21?,22?. The van der Waals surface area contributed by atoms with E-state index in [0.29, 0.717) is 11.7 Å². The molecule has 26 heavy (non-hydrogen) atoms. The van der Waals surface area contributed by atoms with Crippen molar-refractivity contribution < 1.29 is 5.11 Å². The summed E-state index contributed by atoms with van der Waals surface area (Å²) in [6.07, 6.45) is 16.1. The highest BCUT2D eigenvalue weighted by molar-refractivity contribution is 5.41. The summed E-state index contributed by atoms with van der Waals surface area (Å²) in [5, 5.41) is 10.2. The van der Waals surface area contributed by atoms with E-state index in [1.165, 1.54) is 69.8 Å². The highest BCUT2D eigenvalue weighted by Crippen LogP contribution is 2.45. The summed E-state index contributed by atoms with van der Waals surface area (Å²) in [4.78, 5) is 0.